The zero-order valence-corrected chi connectivity index (χ0v) is 20.2. The van der Waals surface area contributed by atoms with Crippen LogP contribution >= 0.6 is 12.2 Å². The number of hydrogen-bond acceptors (Lipinski definition) is 4. The summed E-state index contributed by atoms with van der Waals surface area (Å²) >= 11 is 5.76. The average molecular weight is 483 g/mol. The molecule has 1 aromatic carbocycles. The third-order valence-corrected chi connectivity index (χ3v) is 6.44. The molecule has 1 saturated heterocycles. The Morgan fingerprint density at radius 1 is 1.09 bits per heavy atom. The van der Waals surface area contributed by atoms with Gasteiger partial charge in [-0.25, -0.2) is 0 Å². The molecule has 1 aliphatic rings. The van der Waals surface area contributed by atoms with Crippen LogP contribution in [0, 0.1) is 6.92 Å². The minimum absolute atomic E-state index is 0.0546. The smallest absolute Gasteiger partial charge is 0.226 e. The standard InChI is InChI=1S/C27H26N6OS/c1-19-7-4-8-20(17-19)30-24(34)12-16-33-26(25(31-27(33)35)22-10-2-3-14-29-22)23-11-6-15-32(23)21-9-5-13-28-18-21/h2-11,13-15,17-18,25-26H,12,16H2,1H3,(H,30,34)(H,31,35)/t25-,26+/m0/s1. The van der Waals surface area contributed by atoms with Gasteiger partial charge in [0.2, 0.25) is 5.91 Å². The molecular weight excluding hydrogens is 456 g/mol. The number of pyridine rings is 2. The SMILES string of the molecule is Cc1cccc(NC(=O)CCN2C(=S)N[C@@H](c3ccccn3)[C@H]2c2cccn2-c2cccnc2)c1. The lowest BCUT2D eigenvalue weighted by Gasteiger charge is -2.28. The summed E-state index contributed by atoms with van der Waals surface area (Å²) in [6.07, 6.45) is 7.70. The van der Waals surface area contributed by atoms with Gasteiger partial charge in [-0.05, 0) is 73.2 Å². The lowest BCUT2D eigenvalue weighted by atomic mass is 10.0. The lowest BCUT2D eigenvalue weighted by Crippen LogP contribution is -2.33. The van der Waals surface area contributed by atoms with Crippen LogP contribution in [0.1, 0.15) is 35.5 Å². The van der Waals surface area contributed by atoms with Gasteiger partial charge in [0, 0.05) is 42.9 Å². The molecule has 0 radical (unpaired) electrons. The van der Waals surface area contributed by atoms with Crippen LogP contribution in [0.15, 0.2) is 91.5 Å². The normalized spacial score (nSPS) is 17.3. The van der Waals surface area contributed by atoms with Gasteiger partial charge in [0.05, 0.1) is 29.7 Å². The van der Waals surface area contributed by atoms with Crippen LogP contribution in [0.25, 0.3) is 5.69 Å². The Labute approximate surface area is 209 Å². The van der Waals surface area contributed by atoms with Gasteiger partial charge >= 0.3 is 0 Å². The molecule has 1 aliphatic heterocycles. The predicted molar refractivity (Wildman–Crippen MR) is 140 cm³/mol. The molecule has 4 heterocycles. The van der Waals surface area contributed by atoms with Crippen LogP contribution in [-0.2, 0) is 4.79 Å². The second kappa shape index (κ2) is 10.1. The van der Waals surface area contributed by atoms with Crippen molar-refractivity contribution in [2.45, 2.75) is 25.4 Å². The Hall–Kier alpha value is -4.04. The Bertz CT molecular complexity index is 1320. The highest BCUT2D eigenvalue weighted by molar-refractivity contribution is 7.80. The van der Waals surface area contributed by atoms with E-state index in [0.717, 1.165) is 28.3 Å². The van der Waals surface area contributed by atoms with E-state index in [-0.39, 0.29) is 18.0 Å². The van der Waals surface area contributed by atoms with Gasteiger partial charge < -0.3 is 20.1 Å². The van der Waals surface area contributed by atoms with Crippen molar-refractivity contribution in [1.29, 1.82) is 0 Å². The van der Waals surface area contributed by atoms with Crippen molar-refractivity contribution >= 4 is 28.9 Å². The number of aromatic nitrogens is 3. The van der Waals surface area contributed by atoms with Crippen molar-refractivity contribution in [1.82, 2.24) is 24.8 Å². The second-order valence-corrected chi connectivity index (χ2v) is 8.89. The molecule has 176 valence electrons. The molecule has 2 atom stereocenters. The summed E-state index contributed by atoms with van der Waals surface area (Å²) in [5.74, 6) is -0.0546. The molecule has 0 saturated carbocycles. The molecule has 1 amide bonds. The fourth-order valence-corrected chi connectivity index (χ4v) is 4.83. The summed E-state index contributed by atoms with van der Waals surface area (Å²) in [6.45, 7) is 2.47. The number of nitrogens with zero attached hydrogens (tertiary/aromatic N) is 4. The van der Waals surface area contributed by atoms with E-state index in [0.29, 0.717) is 18.1 Å². The number of nitrogens with one attached hydrogen (secondary N) is 2. The van der Waals surface area contributed by atoms with Crippen molar-refractivity contribution in [2.24, 2.45) is 0 Å². The van der Waals surface area contributed by atoms with Gasteiger partial charge in [-0.15, -0.1) is 0 Å². The van der Waals surface area contributed by atoms with E-state index in [1.54, 1.807) is 12.4 Å². The van der Waals surface area contributed by atoms with E-state index in [1.165, 1.54) is 0 Å². The molecule has 1 fully saturated rings. The minimum Gasteiger partial charge on any atom is -0.352 e. The zero-order chi connectivity index (χ0) is 24.2. The van der Waals surface area contributed by atoms with Crippen molar-refractivity contribution < 1.29 is 4.79 Å². The molecular formula is C27H26N6OS. The van der Waals surface area contributed by atoms with E-state index in [2.05, 4.69) is 36.1 Å². The first-order valence-corrected chi connectivity index (χ1v) is 11.9. The highest BCUT2D eigenvalue weighted by Gasteiger charge is 2.41. The van der Waals surface area contributed by atoms with Gasteiger partial charge in [0.15, 0.2) is 5.11 Å². The first-order chi connectivity index (χ1) is 17.1. The number of thiocarbonyl (C=S) groups is 1. The highest BCUT2D eigenvalue weighted by Crippen LogP contribution is 2.39. The van der Waals surface area contributed by atoms with Gasteiger partial charge in [-0.3, -0.25) is 14.8 Å². The van der Waals surface area contributed by atoms with Gasteiger partial charge in [-0.2, -0.15) is 0 Å². The molecule has 7 nitrogen and oxygen atoms in total. The summed E-state index contributed by atoms with van der Waals surface area (Å²) in [4.78, 5) is 23.8. The maximum atomic E-state index is 12.8. The number of anilines is 1. The van der Waals surface area contributed by atoms with Gasteiger partial charge in [0.25, 0.3) is 0 Å². The van der Waals surface area contributed by atoms with E-state index in [1.807, 2.05) is 80.0 Å². The third-order valence-electron chi connectivity index (χ3n) is 6.09. The summed E-state index contributed by atoms with van der Waals surface area (Å²) in [6, 6.07) is 21.4. The van der Waals surface area contributed by atoms with E-state index in [4.69, 9.17) is 12.2 Å². The van der Waals surface area contributed by atoms with E-state index >= 15 is 0 Å². The molecule has 3 aromatic heterocycles. The summed E-state index contributed by atoms with van der Waals surface area (Å²) in [5, 5.41) is 7.05. The number of carbonyl (C=O) groups is 1. The molecule has 35 heavy (non-hydrogen) atoms. The van der Waals surface area contributed by atoms with Gasteiger partial charge in [0.1, 0.15) is 0 Å². The number of amides is 1. The lowest BCUT2D eigenvalue weighted by molar-refractivity contribution is -0.116. The molecule has 4 aromatic rings. The zero-order valence-electron chi connectivity index (χ0n) is 19.3. The molecule has 8 heteroatoms. The van der Waals surface area contributed by atoms with Gasteiger partial charge in [-0.1, -0.05) is 18.2 Å². The van der Waals surface area contributed by atoms with Crippen molar-refractivity contribution in [3.05, 3.63) is 108 Å². The minimum atomic E-state index is -0.158. The molecule has 0 bridgehead atoms. The Morgan fingerprint density at radius 3 is 2.77 bits per heavy atom. The quantitative estimate of drug-likeness (QED) is 0.376. The fourth-order valence-electron chi connectivity index (χ4n) is 4.50. The van der Waals surface area contributed by atoms with Crippen molar-refractivity contribution in [3.8, 4) is 5.69 Å². The third kappa shape index (κ3) is 4.93. The fraction of sp³-hybridized carbons (Fsp3) is 0.185. The Morgan fingerprint density at radius 2 is 2.00 bits per heavy atom. The summed E-state index contributed by atoms with van der Waals surface area (Å²) in [5.41, 5.74) is 4.79. The number of benzene rings is 1. The Kier molecular flexibility index (Phi) is 6.54. The van der Waals surface area contributed by atoms with Crippen LogP contribution in [-0.4, -0.2) is 37.0 Å². The summed E-state index contributed by atoms with van der Waals surface area (Å²) in [7, 11) is 0. The highest BCUT2D eigenvalue weighted by atomic mass is 32.1. The molecule has 2 N–H and O–H groups in total. The van der Waals surface area contributed by atoms with E-state index in [9.17, 15) is 4.79 Å². The number of hydrogen-bond donors (Lipinski definition) is 2. The number of rotatable bonds is 7. The maximum absolute atomic E-state index is 12.8. The van der Waals surface area contributed by atoms with E-state index < -0.39 is 0 Å². The molecule has 0 aliphatic carbocycles. The van der Waals surface area contributed by atoms with Crippen LogP contribution in [0.4, 0.5) is 5.69 Å². The number of carbonyl (C=O) groups excluding carboxylic acids is 1. The monoisotopic (exact) mass is 482 g/mol. The maximum Gasteiger partial charge on any atom is 0.226 e. The molecule has 0 unspecified atom stereocenters. The predicted octanol–water partition coefficient (Wildman–Crippen LogP) is 4.58. The average Bonchev–Trinajstić information content (AvgIpc) is 3.48. The topological polar surface area (TPSA) is 75.1 Å². The van der Waals surface area contributed by atoms with Crippen LogP contribution in [0.2, 0.25) is 0 Å². The summed E-state index contributed by atoms with van der Waals surface area (Å²) < 4.78 is 2.11. The van der Waals surface area contributed by atoms with Crippen molar-refractivity contribution in [2.75, 3.05) is 11.9 Å². The largest absolute Gasteiger partial charge is 0.352 e. The molecule has 5 rings (SSSR count). The first kappa shape index (κ1) is 22.7. The molecule has 0 spiro atoms. The number of aryl methyl sites for hydroxylation is 1. The van der Waals surface area contributed by atoms with Crippen LogP contribution in [0.3, 0.4) is 0 Å². The Balaban J connectivity index is 1.43. The second-order valence-electron chi connectivity index (χ2n) is 8.50. The van der Waals surface area contributed by atoms with Crippen LogP contribution < -0.4 is 10.6 Å². The van der Waals surface area contributed by atoms with Crippen LogP contribution in [0.5, 0.6) is 0 Å². The van der Waals surface area contributed by atoms with Crippen molar-refractivity contribution in [3.63, 3.8) is 0 Å². The first-order valence-electron chi connectivity index (χ1n) is 11.5.